The van der Waals surface area contributed by atoms with E-state index in [4.69, 9.17) is 0 Å². The summed E-state index contributed by atoms with van der Waals surface area (Å²) in [4.78, 5) is 18.2. The van der Waals surface area contributed by atoms with E-state index in [0.29, 0.717) is 12.2 Å². The van der Waals surface area contributed by atoms with Crippen LogP contribution in [0.25, 0.3) is 0 Å². The summed E-state index contributed by atoms with van der Waals surface area (Å²) in [6.07, 6.45) is 4.94. The van der Waals surface area contributed by atoms with Crippen molar-refractivity contribution < 1.29 is 13.6 Å². The molecule has 2 heterocycles. The number of rotatable bonds is 4. The fraction of sp³-hybridized carbons (Fsp3) is 0.412. The van der Waals surface area contributed by atoms with Gasteiger partial charge in [-0.05, 0) is 31.5 Å². The number of benzene rings is 1. The standard InChI is InChI=1S/C17H20F2N4O/c1-22-10-16(20-11-22)17(24)21-12-4-3-7-23(8-12)9-13-14(18)5-2-6-15(13)19/h2,5-6,10-12H,3-4,7-9H2,1H3,(H,21,24). The summed E-state index contributed by atoms with van der Waals surface area (Å²) < 4.78 is 29.3. The van der Waals surface area contributed by atoms with Crippen LogP contribution in [-0.4, -0.2) is 39.5 Å². The topological polar surface area (TPSA) is 50.2 Å². The van der Waals surface area contributed by atoms with E-state index in [-0.39, 0.29) is 24.1 Å². The first-order valence-electron chi connectivity index (χ1n) is 7.97. The van der Waals surface area contributed by atoms with Gasteiger partial charge in [-0.1, -0.05) is 6.07 Å². The molecule has 0 saturated carbocycles. The third kappa shape index (κ3) is 3.79. The summed E-state index contributed by atoms with van der Waals surface area (Å²) in [6, 6.07) is 3.84. The Morgan fingerprint density at radius 2 is 2.12 bits per heavy atom. The summed E-state index contributed by atoms with van der Waals surface area (Å²) in [5.74, 6) is -1.29. The van der Waals surface area contributed by atoms with Crippen molar-refractivity contribution in [3.8, 4) is 0 Å². The Kier molecular flexibility index (Phi) is 4.89. The molecule has 1 saturated heterocycles. The lowest BCUT2D eigenvalue weighted by Crippen LogP contribution is -2.47. The number of nitrogens with zero attached hydrogens (tertiary/aromatic N) is 3. The summed E-state index contributed by atoms with van der Waals surface area (Å²) in [7, 11) is 1.80. The number of amides is 1. The molecule has 1 unspecified atom stereocenters. The molecule has 0 aliphatic carbocycles. The van der Waals surface area contributed by atoms with E-state index in [9.17, 15) is 13.6 Å². The molecule has 1 aromatic heterocycles. The van der Waals surface area contributed by atoms with Gasteiger partial charge in [0.25, 0.3) is 5.91 Å². The van der Waals surface area contributed by atoms with Gasteiger partial charge in [0, 0.05) is 37.9 Å². The minimum atomic E-state index is -0.533. The van der Waals surface area contributed by atoms with Crippen molar-refractivity contribution in [3.63, 3.8) is 0 Å². The average molecular weight is 334 g/mol. The van der Waals surface area contributed by atoms with Gasteiger partial charge in [0.1, 0.15) is 17.3 Å². The second kappa shape index (κ2) is 7.09. The van der Waals surface area contributed by atoms with Gasteiger partial charge >= 0.3 is 0 Å². The van der Waals surface area contributed by atoms with Crippen molar-refractivity contribution in [1.82, 2.24) is 19.8 Å². The number of piperidine rings is 1. The van der Waals surface area contributed by atoms with Crippen LogP contribution in [0.15, 0.2) is 30.7 Å². The normalized spacial score (nSPS) is 18.5. The Labute approximate surface area is 139 Å². The summed E-state index contributed by atoms with van der Waals surface area (Å²) >= 11 is 0. The molecule has 7 heteroatoms. The Bertz CT molecular complexity index is 711. The van der Waals surface area contributed by atoms with Crippen molar-refractivity contribution >= 4 is 5.91 Å². The van der Waals surface area contributed by atoms with Gasteiger partial charge in [0.2, 0.25) is 0 Å². The van der Waals surface area contributed by atoms with Crippen LogP contribution in [-0.2, 0) is 13.6 Å². The summed E-state index contributed by atoms with van der Waals surface area (Å²) in [6.45, 7) is 1.52. The van der Waals surface area contributed by atoms with Crippen molar-refractivity contribution in [2.45, 2.75) is 25.4 Å². The number of hydrogen-bond donors (Lipinski definition) is 1. The third-order valence-corrected chi connectivity index (χ3v) is 4.22. The van der Waals surface area contributed by atoms with E-state index in [2.05, 4.69) is 10.3 Å². The largest absolute Gasteiger partial charge is 0.347 e. The van der Waals surface area contributed by atoms with E-state index in [1.54, 1.807) is 24.1 Å². The number of imidazole rings is 1. The highest BCUT2D eigenvalue weighted by atomic mass is 19.1. The molecule has 1 aliphatic heterocycles. The van der Waals surface area contributed by atoms with Crippen LogP contribution in [0.1, 0.15) is 28.9 Å². The zero-order valence-electron chi connectivity index (χ0n) is 13.5. The van der Waals surface area contributed by atoms with E-state index in [0.717, 1.165) is 19.4 Å². The van der Waals surface area contributed by atoms with Gasteiger partial charge in [-0.25, -0.2) is 13.8 Å². The van der Waals surface area contributed by atoms with Crippen molar-refractivity contribution in [2.75, 3.05) is 13.1 Å². The fourth-order valence-corrected chi connectivity index (χ4v) is 3.01. The first-order chi connectivity index (χ1) is 11.5. The number of carbonyl (C=O) groups excluding carboxylic acids is 1. The molecule has 1 N–H and O–H groups in total. The van der Waals surface area contributed by atoms with E-state index >= 15 is 0 Å². The number of aryl methyl sites for hydroxylation is 1. The van der Waals surface area contributed by atoms with Crippen molar-refractivity contribution in [2.24, 2.45) is 7.05 Å². The van der Waals surface area contributed by atoms with Crippen LogP contribution < -0.4 is 5.32 Å². The van der Waals surface area contributed by atoms with E-state index in [1.807, 2.05) is 4.90 Å². The smallest absolute Gasteiger partial charge is 0.271 e. The maximum atomic E-state index is 13.8. The molecule has 0 radical (unpaired) electrons. The van der Waals surface area contributed by atoms with Gasteiger partial charge in [0.15, 0.2) is 0 Å². The monoisotopic (exact) mass is 334 g/mol. The number of halogens is 2. The average Bonchev–Trinajstić information content (AvgIpc) is 2.98. The highest BCUT2D eigenvalue weighted by Crippen LogP contribution is 2.18. The van der Waals surface area contributed by atoms with Crippen LogP contribution in [0.3, 0.4) is 0 Å². The molecule has 1 aliphatic rings. The lowest BCUT2D eigenvalue weighted by Gasteiger charge is -2.33. The molecular weight excluding hydrogens is 314 g/mol. The lowest BCUT2D eigenvalue weighted by molar-refractivity contribution is 0.0895. The van der Waals surface area contributed by atoms with Crippen molar-refractivity contribution in [3.05, 3.63) is 53.6 Å². The maximum Gasteiger partial charge on any atom is 0.271 e. The molecule has 1 atom stereocenters. The van der Waals surface area contributed by atoms with E-state index in [1.165, 1.54) is 18.2 Å². The summed E-state index contributed by atoms with van der Waals surface area (Å²) in [5.41, 5.74) is 0.448. The highest BCUT2D eigenvalue weighted by Gasteiger charge is 2.24. The Balaban J connectivity index is 1.61. The Hall–Kier alpha value is -2.28. The molecule has 2 aromatic rings. The Morgan fingerprint density at radius 1 is 1.38 bits per heavy atom. The first kappa shape index (κ1) is 16.6. The van der Waals surface area contributed by atoms with E-state index < -0.39 is 11.6 Å². The quantitative estimate of drug-likeness (QED) is 0.931. The number of aromatic nitrogens is 2. The minimum Gasteiger partial charge on any atom is -0.347 e. The number of nitrogens with one attached hydrogen (secondary N) is 1. The number of likely N-dealkylation sites (tertiary alicyclic amines) is 1. The van der Waals surface area contributed by atoms with Crippen LogP contribution in [0.4, 0.5) is 8.78 Å². The maximum absolute atomic E-state index is 13.8. The zero-order valence-corrected chi connectivity index (χ0v) is 13.5. The van der Waals surface area contributed by atoms with Crippen LogP contribution in [0.5, 0.6) is 0 Å². The molecule has 0 spiro atoms. The molecule has 1 amide bonds. The van der Waals surface area contributed by atoms with Gasteiger partial charge in [0.05, 0.1) is 6.33 Å². The Morgan fingerprint density at radius 3 is 2.79 bits per heavy atom. The van der Waals surface area contributed by atoms with Gasteiger partial charge in [-0.2, -0.15) is 0 Å². The van der Waals surface area contributed by atoms with Gasteiger partial charge < -0.3 is 9.88 Å². The first-order valence-corrected chi connectivity index (χ1v) is 7.97. The predicted molar refractivity (Wildman–Crippen MR) is 85.3 cm³/mol. The summed E-state index contributed by atoms with van der Waals surface area (Å²) in [5, 5.41) is 2.95. The lowest BCUT2D eigenvalue weighted by atomic mass is 10.0. The highest BCUT2D eigenvalue weighted by molar-refractivity contribution is 5.92. The second-order valence-electron chi connectivity index (χ2n) is 6.17. The zero-order chi connectivity index (χ0) is 17.1. The molecule has 128 valence electrons. The second-order valence-corrected chi connectivity index (χ2v) is 6.17. The molecule has 1 fully saturated rings. The number of carbonyl (C=O) groups is 1. The predicted octanol–water partition coefficient (Wildman–Crippen LogP) is 2.09. The molecular formula is C17H20F2N4O. The molecule has 0 bridgehead atoms. The van der Waals surface area contributed by atoms with Crippen LogP contribution in [0.2, 0.25) is 0 Å². The number of hydrogen-bond acceptors (Lipinski definition) is 3. The van der Waals surface area contributed by atoms with Crippen LogP contribution >= 0.6 is 0 Å². The fourth-order valence-electron chi connectivity index (χ4n) is 3.01. The van der Waals surface area contributed by atoms with Gasteiger partial charge in [-0.3, -0.25) is 9.69 Å². The molecule has 5 nitrogen and oxygen atoms in total. The van der Waals surface area contributed by atoms with Crippen molar-refractivity contribution in [1.29, 1.82) is 0 Å². The molecule has 24 heavy (non-hydrogen) atoms. The molecule has 1 aromatic carbocycles. The minimum absolute atomic E-state index is 0.0527. The third-order valence-electron chi connectivity index (χ3n) is 4.22. The SMILES string of the molecule is Cn1cnc(C(=O)NC2CCCN(Cc3c(F)cccc3F)C2)c1. The van der Waals surface area contributed by atoms with Gasteiger partial charge in [-0.15, -0.1) is 0 Å². The van der Waals surface area contributed by atoms with Crippen LogP contribution in [0, 0.1) is 11.6 Å². The molecule has 3 rings (SSSR count).